The van der Waals surface area contributed by atoms with Gasteiger partial charge in [0.2, 0.25) is 0 Å². The number of para-hydroxylation sites is 2. The zero-order chi connectivity index (χ0) is 45.9. The second kappa shape index (κ2) is 18.3. The first-order valence-corrected chi connectivity index (χ1v) is 23.8. The maximum atomic E-state index is 2.54. The van der Waals surface area contributed by atoms with Crippen LogP contribution in [0.15, 0.2) is 285 Å². The molecule has 0 fully saturated rings. The average molecular weight is 878 g/mol. The Labute approximate surface area is 404 Å². The fourth-order valence-electron chi connectivity index (χ4n) is 10.4. The van der Waals surface area contributed by atoms with Crippen LogP contribution >= 0.6 is 0 Å². The topological polar surface area (TPSA) is 3.24 Å². The Hall–Kier alpha value is -9.04. The molecular weight excluding hydrogens is 831 g/mol. The lowest BCUT2D eigenvalue weighted by Gasteiger charge is -2.34. The number of hydrogen-bond acceptors (Lipinski definition) is 1. The van der Waals surface area contributed by atoms with Crippen molar-refractivity contribution in [2.45, 2.75) is 0 Å². The van der Waals surface area contributed by atoms with Crippen molar-refractivity contribution in [2.24, 2.45) is 0 Å². The molecule has 0 bridgehead atoms. The van der Waals surface area contributed by atoms with Crippen molar-refractivity contribution in [3.63, 3.8) is 0 Å². The molecule has 0 saturated carbocycles. The first-order chi connectivity index (χ1) is 34.3. The van der Waals surface area contributed by atoms with Gasteiger partial charge in [0.25, 0.3) is 0 Å². The molecule has 1 heteroatoms. The third-order valence-electron chi connectivity index (χ3n) is 13.5. The smallest absolute Gasteiger partial charge is 0.0618 e. The number of hydrogen-bond donors (Lipinski definition) is 0. The van der Waals surface area contributed by atoms with E-state index in [1.807, 2.05) is 0 Å². The maximum Gasteiger partial charge on any atom is 0.0618 e. The van der Waals surface area contributed by atoms with Gasteiger partial charge in [-0.3, -0.25) is 0 Å². The molecule has 0 amide bonds. The van der Waals surface area contributed by atoms with Gasteiger partial charge in [-0.15, -0.1) is 0 Å². The molecule has 0 saturated heterocycles. The highest BCUT2D eigenvalue weighted by molar-refractivity contribution is 6.25. The Kier molecular flexibility index (Phi) is 11.0. The summed E-state index contributed by atoms with van der Waals surface area (Å²) in [5.41, 5.74) is 19.7. The third-order valence-corrected chi connectivity index (χ3v) is 13.5. The van der Waals surface area contributed by atoms with E-state index in [1.165, 1.54) is 49.4 Å². The van der Waals surface area contributed by atoms with Crippen LogP contribution in [0.4, 0.5) is 17.1 Å². The molecule has 0 aliphatic heterocycles. The van der Waals surface area contributed by atoms with E-state index >= 15 is 0 Å². The van der Waals surface area contributed by atoms with Crippen LogP contribution in [0.1, 0.15) is 0 Å². The van der Waals surface area contributed by atoms with Crippen LogP contribution in [0.25, 0.3) is 99.4 Å². The van der Waals surface area contributed by atoms with Crippen molar-refractivity contribution in [3.05, 3.63) is 285 Å². The molecule has 324 valence electrons. The van der Waals surface area contributed by atoms with E-state index in [0.717, 1.165) is 67.1 Å². The number of benzene rings is 12. The van der Waals surface area contributed by atoms with Crippen LogP contribution in [-0.2, 0) is 0 Å². The van der Waals surface area contributed by atoms with E-state index in [0.29, 0.717) is 0 Å². The summed E-state index contributed by atoms with van der Waals surface area (Å²) < 4.78 is 0. The van der Waals surface area contributed by atoms with Crippen LogP contribution in [0.2, 0.25) is 0 Å². The Morgan fingerprint density at radius 2 is 0.493 bits per heavy atom. The molecule has 69 heavy (non-hydrogen) atoms. The SMILES string of the molecule is c1ccc(-c2cccc(-c3ccccc3)c2N(c2ccc(-c3cccc4c3c(-c3ccccc3)c(-c3ccccc3)c3ccccc34)cc2)c2c(-c3ccccc3)cccc2-c2ccccc2)cc1. The Balaban J connectivity index is 1.16. The van der Waals surface area contributed by atoms with Crippen molar-refractivity contribution < 1.29 is 0 Å². The fraction of sp³-hybridized carbons (Fsp3) is 0. The van der Waals surface area contributed by atoms with Crippen molar-refractivity contribution >= 4 is 38.6 Å². The first kappa shape index (κ1) is 41.4. The van der Waals surface area contributed by atoms with Crippen molar-refractivity contribution in [2.75, 3.05) is 4.90 Å². The van der Waals surface area contributed by atoms with Crippen LogP contribution < -0.4 is 4.90 Å². The Morgan fingerprint density at radius 1 is 0.188 bits per heavy atom. The molecule has 12 rings (SSSR count). The fourth-order valence-corrected chi connectivity index (χ4v) is 10.4. The summed E-state index contributed by atoms with van der Waals surface area (Å²) in [6, 6.07) is 104. The van der Waals surface area contributed by atoms with Gasteiger partial charge < -0.3 is 4.90 Å². The van der Waals surface area contributed by atoms with Gasteiger partial charge in [0.1, 0.15) is 0 Å². The molecule has 0 heterocycles. The number of rotatable bonds is 10. The van der Waals surface area contributed by atoms with E-state index < -0.39 is 0 Å². The minimum absolute atomic E-state index is 1.05. The number of fused-ring (bicyclic) bond motifs is 3. The Bertz CT molecular complexity index is 3480. The predicted molar refractivity (Wildman–Crippen MR) is 294 cm³/mol. The largest absolute Gasteiger partial charge is 0.308 e. The van der Waals surface area contributed by atoms with Gasteiger partial charge in [0, 0.05) is 27.9 Å². The predicted octanol–water partition coefficient (Wildman–Crippen LogP) is 19.1. The van der Waals surface area contributed by atoms with E-state index in [4.69, 9.17) is 0 Å². The van der Waals surface area contributed by atoms with Crippen LogP contribution in [0.3, 0.4) is 0 Å². The van der Waals surface area contributed by atoms with Gasteiger partial charge in [-0.2, -0.15) is 0 Å². The standard InChI is InChI=1S/C68H47N/c1-7-24-48(25-8-1)57-39-22-40-58(49-26-9-2-10-27-49)67(57)69(68-59(50-28-11-3-12-29-50)41-23-42-60(68)51-30-13-4-14-31-51)55-46-44-52(45-47-55)56-38-21-43-63-61-36-19-20-37-62(61)64(53-32-15-5-16-33-53)65(66(56)63)54-34-17-6-18-35-54/h1-47H. The highest BCUT2D eigenvalue weighted by Crippen LogP contribution is 2.53. The molecule has 0 atom stereocenters. The normalized spacial score (nSPS) is 11.2. The zero-order valence-electron chi connectivity index (χ0n) is 38.1. The van der Waals surface area contributed by atoms with E-state index in [9.17, 15) is 0 Å². The van der Waals surface area contributed by atoms with Gasteiger partial charge in [-0.25, -0.2) is 0 Å². The van der Waals surface area contributed by atoms with Crippen molar-refractivity contribution in [1.82, 2.24) is 0 Å². The summed E-state index contributed by atoms with van der Waals surface area (Å²) in [7, 11) is 0. The maximum absolute atomic E-state index is 2.54. The van der Waals surface area contributed by atoms with Gasteiger partial charge in [-0.1, -0.05) is 273 Å². The van der Waals surface area contributed by atoms with Gasteiger partial charge in [0.05, 0.1) is 11.4 Å². The van der Waals surface area contributed by atoms with Crippen molar-refractivity contribution in [3.8, 4) is 77.9 Å². The summed E-state index contributed by atoms with van der Waals surface area (Å²) in [5.74, 6) is 0. The zero-order valence-corrected chi connectivity index (χ0v) is 38.1. The number of nitrogens with zero attached hydrogens (tertiary/aromatic N) is 1. The summed E-state index contributed by atoms with van der Waals surface area (Å²) in [5, 5.41) is 4.97. The number of anilines is 3. The highest BCUT2D eigenvalue weighted by atomic mass is 15.2. The molecular formula is C68H47N. The van der Waals surface area contributed by atoms with Crippen molar-refractivity contribution in [1.29, 1.82) is 0 Å². The molecule has 0 aliphatic rings. The lowest BCUT2D eigenvalue weighted by Crippen LogP contribution is -2.15. The lowest BCUT2D eigenvalue weighted by atomic mass is 9.82. The summed E-state index contributed by atoms with van der Waals surface area (Å²) >= 11 is 0. The molecule has 0 aromatic heterocycles. The summed E-state index contributed by atoms with van der Waals surface area (Å²) in [6.07, 6.45) is 0. The minimum atomic E-state index is 1.05. The summed E-state index contributed by atoms with van der Waals surface area (Å²) in [6.45, 7) is 0. The van der Waals surface area contributed by atoms with E-state index in [2.05, 4.69) is 290 Å². The Morgan fingerprint density at radius 3 is 0.913 bits per heavy atom. The van der Waals surface area contributed by atoms with Gasteiger partial charge >= 0.3 is 0 Å². The molecule has 0 radical (unpaired) electrons. The molecule has 1 nitrogen and oxygen atoms in total. The van der Waals surface area contributed by atoms with Crippen LogP contribution in [0.5, 0.6) is 0 Å². The van der Waals surface area contributed by atoms with Crippen LogP contribution in [-0.4, -0.2) is 0 Å². The van der Waals surface area contributed by atoms with E-state index in [-0.39, 0.29) is 0 Å². The molecule has 12 aromatic carbocycles. The third kappa shape index (κ3) is 7.67. The molecule has 12 aromatic rings. The monoisotopic (exact) mass is 877 g/mol. The second-order valence-corrected chi connectivity index (χ2v) is 17.5. The second-order valence-electron chi connectivity index (χ2n) is 17.5. The molecule has 0 N–H and O–H groups in total. The van der Waals surface area contributed by atoms with E-state index in [1.54, 1.807) is 0 Å². The summed E-state index contributed by atoms with van der Waals surface area (Å²) in [4.78, 5) is 2.54. The molecule has 0 spiro atoms. The quantitative estimate of drug-likeness (QED) is 0.124. The average Bonchev–Trinajstić information content (AvgIpc) is 3.44. The highest BCUT2D eigenvalue weighted by Gasteiger charge is 2.27. The minimum Gasteiger partial charge on any atom is -0.308 e. The lowest BCUT2D eigenvalue weighted by molar-refractivity contribution is 1.28. The van der Waals surface area contributed by atoms with Gasteiger partial charge in [-0.05, 0) is 89.3 Å². The molecule has 0 unspecified atom stereocenters. The van der Waals surface area contributed by atoms with Crippen LogP contribution in [0, 0.1) is 0 Å². The van der Waals surface area contributed by atoms with Gasteiger partial charge in [0.15, 0.2) is 0 Å². The molecule has 0 aliphatic carbocycles. The first-order valence-electron chi connectivity index (χ1n) is 23.8.